The van der Waals surface area contributed by atoms with E-state index in [4.69, 9.17) is 5.73 Å². The molecule has 1 aromatic rings. The van der Waals surface area contributed by atoms with E-state index in [0.29, 0.717) is 30.3 Å². The largest absolute Gasteiger partial charge is 0.336 e. The fourth-order valence-corrected chi connectivity index (χ4v) is 4.69. The van der Waals surface area contributed by atoms with Crippen molar-refractivity contribution in [3.8, 4) is 0 Å². The van der Waals surface area contributed by atoms with Gasteiger partial charge in [-0.3, -0.25) is 4.79 Å². The summed E-state index contributed by atoms with van der Waals surface area (Å²) in [4.78, 5) is 23.4. The lowest BCUT2D eigenvalue weighted by Gasteiger charge is -2.44. The lowest BCUT2D eigenvalue weighted by Crippen LogP contribution is -2.50. The molecule has 2 atom stereocenters. The van der Waals surface area contributed by atoms with Gasteiger partial charge < -0.3 is 10.6 Å². The first-order valence-corrected chi connectivity index (χ1v) is 8.54. The number of carbonyl (C=O) groups excluding carboxylic acids is 1. The molecule has 23 heavy (non-hydrogen) atoms. The Morgan fingerprint density at radius 1 is 1.26 bits per heavy atom. The summed E-state index contributed by atoms with van der Waals surface area (Å²) in [5, 5.41) is 0. The Balaban J connectivity index is 0.00000156. The first-order valence-electron chi connectivity index (χ1n) is 8.54. The van der Waals surface area contributed by atoms with E-state index in [1.54, 1.807) is 6.33 Å². The highest BCUT2D eigenvalue weighted by molar-refractivity contribution is 5.85. The zero-order valence-electron chi connectivity index (χ0n) is 13.4. The minimum Gasteiger partial charge on any atom is -0.336 e. The third-order valence-corrected chi connectivity index (χ3v) is 5.95. The standard InChI is InChI=1S/C17H24N4O.ClH/c18-16-11-2-1-3-12(16)7-14(6-11)17(22)21-5-4-13-8-19-10-20-15(13)9-21;/h8,10-12,14,16H,1-7,9,18H2;1H. The molecule has 1 aliphatic heterocycles. The zero-order valence-corrected chi connectivity index (χ0v) is 14.2. The van der Waals surface area contributed by atoms with Crippen LogP contribution in [0.25, 0.3) is 0 Å². The summed E-state index contributed by atoms with van der Waals surface area (Å²) in [5.74, 6) is 1.62. The summed E-state index contributed by atoms with van der Waals surface area (Å²) < 4.78 is 0. The van der Waals surface area contributed by atoms with Gasteiger partial charge in [0.15, 0.2) is 0 Å². The minimum absolute atomic E-state index is 0. The lowest BCUT2D eigenvalue weighted by atomic mass is 9.65. The third-order valence-electron chi connectivity index (χ3n) is 5.95. The van der Waals surface area contributed by atoms with E-state index in [1.165, 1.54) is 24.8 Å². The van der Waals surface area contributed by atoms with Gasteiger partial charge in [-0.25, -0.2) is 9.97 Å². The number of fused-ring (bicyclic) bond motifs is 3. The Hall–Kier alpha value is -1.20. The summed E-state index contributed by atoms with van der Waals surface area (Å²) in [6.07, 6.45) is 10.0. The maximum atomic E-state index is 12.9. The average molecular weight is 337 g/mol. The molecule has 1 aromatic heterocycles. The van der Waals surface area contributed by atoms with E-state index < -0.39 is 0 Å². The zero-order chi connectivity index (χ0) is 15.1. The topological polar surface area (TPSA) is 72.1 Å². The fraction of sp³-hybridized carbons (Fsp3) is 0.706. The number of nitrogens with two attached hydrogens (primary N) is 1. The smallest absolute Gasteiger partial charge is 0.226 e. The van der Waals surface area contributed by atoms with Crippen LogP contribution in [-0.2, 0) is 17.8 Å². The third kappa shape index (κ3) is 3.09. The van der Waals surface area contributed by atoms with Gasteiger partial charge in [0.05, 0.1) is 12.2 Å². The molecule has 0 aromatic carbocycles. The Bertz CT molecular complexity index is 567. The van der Waals surface area contributed by atoms with Crippen molar-refractivity contribution in [2.75, 3.05) is 6.54 Å². The number of carbonyl (C=O) groups is 1. The SMILES string of the molecule is Cl.NC1C2CCCC1CC(C(=O)N1CCc3cncnc3C1)C2. The number of halogens is 1. The molecule has 0 radical (unpaired) electrons. The maximum absolute atomic E-state index is 12.9. The van der Waals surface area contributed by atoms with Crippen molar-refractivity contribution in [3.05, 3.63) is 23.8 Å². The summed E-state index contributed by atoms with van der Waals surface area (Å²) >= 11 is 0. The number of nitrogens with zero attached hydrogens (tertiary/aromatic N) is 3. The normalized spacial score (nSPS) is 32.7. The van der Waals surface area contributed by atoms with Crippen LogP contribution < -0.4 is 5.73 Å². The second-order valence-corrected chi connectivity index (χ2v) is 7.20. The molecular weight excluding hydrogens is 312 g/mol. The van der Waals surface area contributed by atoms with E-state index >= 15 is 0 Å². The van der Waals surface area contributed by atoms with Crippen molar-refractivity contribution in [1.29, 1.82) is 0 Å². The van der Waals surface area contributed by atoms with Crippen LogP contribution in [0, 0.1) is 17.8 Å². The molecule has 2 unspecified atom stereocenters. The Morgan fingerprint density at radius 2 is 2.00 bits per heavy atom. The van der Waals surface area contributed by atoms with Gasteiger partial charge in [-0.2, -0.15) is 0 Å². The second-order valence-electron chi connectivity index (χ2n) is 7.20. The molecule has 2 bridgehead atoms. The Labute approximate surface area is 143 Å². The molecule has 2 saturated carbocycles. The average Bonchev–Trinajstić information content (AvgIpc) is 2.53. The monoisotopic (exact) mass is 336 g/mol. The molecule has 3 aliphatic rings. The summed E-state index contributed by atoms with van der Waals surface area (Å²) in [6.45, 7) is 1.45. The van der Waals surface area contributed by atoms with E-state index in [0.717, 1.165) is 31.5 Å². The predicted molar refractivity (Wildman–Crippen MR) is 89.9 cm³/mol. The molecule has 6 heteroatoms. The van der Waals surface area contributed by atoms with Crippen molar-refractivity contribution in [3.63, 3.8) is 0 Å². The van der Waals surface area contributed by atoms with E-state index in [9.17, 15) is 4.79 Å². The molecule has 2 heterocycles. The molecule has 5 nitrogen and oxygen atoms in total. The van der Waals surface area contributed by atoms with Crippen LogP contribution in [0.15, 0.2) is 12.5 Å². The Morgan fingerprint density at radius 3 is 2.74 bits per heavy atom. The summed E-state index contributed by atoms with van der Waals surface area (Å²) in [7, 11) is 0. The fourth-order valence-electron chi connectivity index (χ4n) is 4.69. The highest BCUT2D eigenvalue weighted by atomic mass is 35.5. The van der Waals surface area contributed by atoms with Gasteiger partial charge in [0.1, 0.15) is 6.33 Å². The van der Waals surface area contributed by atoms with Crippen molar-refractivity contribution in [1.82, 2.24) is 14.9 Å². The van der Waals surface area contributed by atoms with Crippen molar-refractivity contribution < 1.29 is 4.79 Å². The molecule has 126 valence electrons. The predicted octanol–water partition coefficient (Wildman–Crippen LogP) is 1.94. The second kappa shape index (κ2) is 6.73. The number of aromatic nitrogens is 2. The van der Waals surface area contributed by atoms with Gasteiger partial charge in [0, 0.05) is 24.7 Å². The van der Waals surface area contributed by atoms with E-state index in [-0.39, 0.29) is 18.3 Å². The van der Waals surface area contributed by atoms with Crippen LogP contribution in [0.1, 0.15) is 43.4 Å². The Kier molecular flexibility index (Phi) is 4.87. The van der Waals surface area contributed by atoms with Gasteiger partial charge in [-0.15, -0.1) is 12.4 Å². The van der Waals surface area contributed by atoms with Gasteiger partial charge >= 0.3 is 0 Å². The van der Waals surface area contributed by atoms with E-state index in [2.05, 4.69) is 9.97 Å². The van der Waals surface area contributed by atoms with Crippen LogP contribution in [0.3, 0.4) is 0 Å². The van der Waals surface area contributed by atoms with Gasteiger partial charge in [-0.1, -0.05) is 6.42 Å². The van der Waals surface area contributed by atoms with Gasteiger partial charge in [0.2, 0.25) is 5.91 Å². The maximum Gasteiger partial charge on any atom is 0.226 e. The highest BCUT2D eigenvalue weighted by Crippen LogP contribution is 2.42. The number of rotatable bonds is 1. The van der Waals surface area contributed by atoms with Crippen LogP contribution in [0.2, 0.25) is 0 Å². The van der Waals surface area contributed by atoms with Crippen LogP contribution >= 0.6 is 12.4 Å². The van der Waals surface area contributed by atoms with E-state index in [1.807, 2.05) is 11.1 Å². The van der Waals surface area contributed by atoms with Crippen molar-refractivity contribution >= 4 is 18.3 Å². The molecule has 2 N–H and O–H groups in total. The number of amides is 1. The van der Waals surface area contributed by atoms with Crippen LogP contribution in [0.4, 0.5) is 0 Å². The lowest BCUT2D eigenvalue weighted by molar-refractivity contribution is -0.139. The number of hydrogen-bond acceptors (Lipinski definition) is 4. The first kappa shape index (κ1) is 16.7. The van der Waals surface area contributed by atoms with Crippen molar-refractivity contribution in [2.45, 2.75) is 51.1 Å². The molecule has 0 saturated heterocycles. The van der Waals surface area contributed by atoms with Crippen LogP contribution in [0.5, 0.6) is 0 Å². The van der Waals surface area contributed by atoms with Gasteiger partial charge in [0.25, 0.3) is 0 Å². The molecule has 0 spiro atoms. The molecular formula is C17H25ClN4O. The molecule has 4 rings (SSSR count). The van der Waals surface area contributed by atoms with Crippen LogP contribution in [-0.4, -0.2) is 33.4 Å². The summed E-state index contributed by atoms with van der Waals surface area (Å²) in [6, 6.07) is 0.327. The number of hydrogen-bond donors (Lipinski definition) is 1. The van der Waals surface area contributed by atoms with Gasteiger partial charge in [-0.05, 0) is 49.5 Å². The molecule has 1 amide bonds. The molecule has 2 fully saturated rings. The quantitative estimate of drug-likeness (QED) is 0.850. The minimum atomic E-state index is 0. The summed E-state index contributed by atoms with van der Waals surface area (Å²) in [5.41, 5.74) is 8.55. The first-order chi connectivity index (χ1) is 10.7. The van der Waals surface area contributed by atoms with Crippen molar-refractivity contribution in [2.24, 2.45) is 23.5 Å². The molecule has 2 aliphatic carbocycles. The highest BCUT2D eigenvalue weighted by Gasteiger charge is 2.41.